The Balaban J connectivity index is 1.47. The summed E-state index contributed by atoms with van der Waals surface area (Å²) in [6, 6.07) is 17.1. The van der Waals surface area contributed by atoms with Crippen LogP contribution in [-0.2, 0) is 4.79 Å². The second kappa shape index (κ2) is 7.43. The molecule has 3 N–H and O–H groups in total. The van der Waals surface area contributed by atoms with Crippen LogP contribution in [-0.4, -0.2) is 31.6 Å². The summed E-state index contributed by atoms with van der Waals surface area (Å²) in [4.78, 5) is 23.6. The number of amides is 3. The van der Waals surface area contributed by atoms with Crippen molar-refractivity contribution in [2.24, 2.45) is 5.92 Å². The molecule has 3 aliphatic rings. The Morgan fingerprint density at radius 2 is 1.48 bits per heavy atom. The van der Waals surface area contributed by atoms with Crippen molar-refractivity contribution in [1.29, 1.82) is 0 Å². The van der Waals surface area contributed by atoms with Crippen LogP contribution in [0.4, 0.5) is 4.79 Å². The van der Waals surface area contributed by atoms with Gasteiger partial charge in [0.2, 0.25) is 5.91 Å². The lowest BCUT2D eigenvalue weighted by Crippen LogP contribution is -2.45. The monoisotopic (exact) mass is 363 g/mol. The number of rotatable bonds is 5. The van der Waals surface area contributed by atoms with Gasteiger partial charge in [0.1, 0.15) is 0 Å². The third-order valence-corrected chi connectivity index (χ3v) is 5.73. The fourth-order valence-corrected chi connectivity index (χ4v) is 4.67. The Morgan fingerprint density at radius 3 is 2.07 bits per heavy atom. The quantitative estimate of drug-likeness (QED) is 0.764. The van der Waals surface area contributed by atoms with Crippen LogP contribution in [0.3, 0.4) is 0 Å². The van der Waals surface area contributed by atoms with Crippen LogP contribution < -0.4 is 16.0 Å². The van der Waals surface area contributed by atoms with Gasteiger partial charge in [-0.1, -0.05) is 48.5 Å². The fourth-order valence-electron chi connectivity index (χ4n) is 4.67. The van der Waals surface area contributed by atoms with E-state index in [0.717, 1.165) is 6.42 Å². The maximum absolute atomic E-state index is 12.1. The van der Waals surface area contributed by atoms with E-state index in [1.807, 2.05) is 6.92 Å². The zero-order chi connectivity index (χ0) is 18.8. The van der Waals surface area contributed by atoms with Crippen molar-refractivity contribution in [3.8, 4) is 0 Å². The Morgan fingerprint density at radius 1 is 0.889 bits per heavy atom. The van der Waals surface area contributed by atoms with Crippen molar-refractivity contribution in [2.45, 2.75) is 25.2 Å². The molecule has 0 saturated carbocycles. The van der Waals surface area contributed by atoms with Gasteiger partial charge in [-0.3, -0.25) is 4.79 Å². The predicted octanol–water partition coefficient (Wildman–Crippen LogP) is 2.72. The summed E-state index contributed by atoms with van der Waals surface area (Å²) < 4.78 is 0. The maximum atomic E-state index is 12.1. The number of carbonyl (C=O) groups excluding carboxylic acids is 2. The van der Waals surface area contributed by atoms with Crippen molar-refractivity contribution in [1.82, 2.24) is 16.0 Å². The van der Waals surface area contributed by atoms with Gasteiger partial charge in [0.25, 0.3) is 0 Å². The van der Waals surface area contributed by atoms with E-state index in [1.165, 1.54) is 22.3 Å². The Bertz CT molecular complexity index is 817. The number of nitrogens with one attached hydrogen (secondary N) is 3. The molecule has 0 saturated heterocycles. The van der Waals surface area contributed by atoms with Gasteiger partial charge in [-0.15, -0.1) is 0 Å². The number of likely N-dealkylation sites (N-methyl/N-ethyl adjacent to an activating group) is 1. The zero-order valence-corrected chi connectivity index (χ0v) is 15.5. The molecular weight excluding hydrogens is 338 g/mol. The molecular formula is C22H25N3O2. The van der Waals surface area contributed by atoms with Gasteiger partial charge in [0.15, 0.2) is 0 Å². The maximum Gasteiger partial charge on any atom is 0.315 e. The molecule has 27 heavy (non-hydrogen) atoms. The van der Waals surface area contributed by atoms with Crippen LogP contribution in [0.15, 0.2) is 48.5 Å². The second-order valence-electron chi connectivity index (χ2n) is 7.30. The number of hydrogen-bond acceptors (Lipinski definition) is 2. The molecule has 2 aromatic rings. The van der Waals surface area contributed by atoms with E-state index in [-0.39, 0.29) is 18.5 Å². The summed E-state index contributed by atoms with van der Waals surface area (Å²) in [5.41, 5.74) is 5.64. The summed E-state index contributed by atoms with van der Waals surface area (Å²) >= 11 is 0. The largest absolute Gasteiger partial charge is 0.355 e. The zero-order valence-electron chi connectivity index (χ0n) is 15.5. The van der Waals surface area contributed by atoms with E-state index < -0.39 is 0 Å². The Labute approximate surface area is 159 Å². The summed E-state index contributed by atoms with van der Waals surface area (Å²) in [5.74, 6) is 0.890. The second-order valence-corrected chi connectivity index (χ2v) is 7.30. The van der Waals surface area contributed by atoms with E-state index in [0.29, 0.717) is 30.8 Å². The first-order valence-electron chi connectivity index (χ1n) is 9.65. The first-order valence-corrected chi connectivity index (χ1v) is 9.65. The third-order valence-electron chi connectivity index (χ3n) is 5.73. The van der Waals surface area contributed by atoms with E-state index in [2.05, 4.69) is 64.5 Å². The first kappa shape index (κ1) is 17.6. The highest BCUT2D eigenvalue weighted by Crippen LogP contribution is 2.54. The van der Waals surface area contributed by atoms with Gasteiger partial charge in [0, 0.05) is 24.9 Å². The van der Waals surface area contributed by atoms with Crippen molar-refractivity contribution >= 4 is 11.9 Å². The van der Waals surface area contributed by atoms with Gasteiger partial charge in [0.05, 0.1) is 6.54 Å². The average Bonchev–Trinajstić information content (AvgIpc) is 2.71. The molecule has 0 heterocycles. The van der Waals surface area contributed by atoms with E-state index in [1.54, 1.807) is 0 Å². The van der Waals surface area contributed by atoms with Crippen LogP contribution in [0.2, 0.25) is 0 Å². The molecule has 140 valence electrons. The number of carbonyl (C=O) groups is 2. The molecule has 3 amide bonds. The summed E-state index contributed by atoms with van der Waals surface area (Å²) in [5, 5.41) is 8.26. The standard InChI is InChI=1S/C22H25N3O2/c1-2-23-20(26)13-25-22(27)24-12-14-11-19-15-7-3-5-9-17(15)21(14)18-10-6-4-8-16(18)19/h3-10,14,19,21H,2,11-13H2,1H3,(H,23,26)(H2,24,25,27). The molecule has 0 spiro atoms. The smallest absolute Gasteiger partial charge is 0.315 e. The minimum Gasteiger partial charge on any atom is -0.355 e. The first-order chi connectivity index (χ1) is 13.2. The van der Waals surface area contributed by atoms with Gasteiger partial charge in [-0.2, -0.15) is 0 Å². The molecule has 0 fully saturated rings. The van der Waals surface area contributed by atoms with Crippen molar-refractivity contribution in [2.75, 3.05) is 19.6 Å². The van der Waals surface area contributed by atoms with Gasteiger partial charge < -0.3 is 16.0 Å². The van der Waals surface area contributed by atoms with E-state index >= 15 is 0 Å². The van der Waals surface area contributed by atoms with Crippen molar-refractivity contribution in [3.63, 3.8) is 0 Å². The number of hydrogen-bond donors (Lipinski definition) is 3. The molecule has 1 unspecified atom stereocenters. The van der Waals surface area contributed by atoms with Gasteiger partial charge in [-0.25, -0.2) is 4.79 Å². The predicted molar refractivity (Wildman–Crippen MR) is 105 cm³/mol. The molecule has 5 heteroatoms. The minimum absolute atomic E-state index is 0.00204. The normalized spacial score (nSPS) is 21.7. The van der Waals surface area contributed by atoms with Crippen LogP contribution in [0, 0.1) is 5.92 Å². The van der Waals surface area contributed by atoms with Crippen LogP contribution in [0.25, 0.3) is 0 Å². The molecule has 0 aromatic heterocycles. The summed E-state index contributed by atoms with van der Waals surface area (Å²) in [6.45, 7) is 3.02. The lowest BCUT2D eigenvalue weighted by Gasteiger charge is -2.45. The average molecular weight is 363 g/mol. The van der Waals surface area contributed by atoms with Crippen molar-refractivity contribution in [3.05, 3.63) is 70.8 Å². The molecule has 5 rings (SSSR count). The molecule has 1 atom stereocenters. The highest BCUT2D eigenvalue weighted by molar-refractivity contribution is 5.83. The van der Waals surface area contributed by atoms with Gasteiger partial charge in [-0.05, 0) is 41.5 Å². The summed E-state index contributed by atoms with van der Waals surface area (Å²) in [6.07, 6.45) is 1.04. The van der Waals surface area contributed by atoms with Crippen LogP contribution >= 0.6 is 0 Å². The highest BCUT2D eigenvalue weighted by Gasteiger charge is 2.42. The third kappa shape index (κ3) is 3.29. The minimum atomic E-state index is -0.288. The van der Waals surface area contributed by atoms with Crippen molar-refractivity contribution < 1.29 is 9.59 Å². The number of benzene rings is 2. The van der Waals surface area contributed by atoms with E-state index in [9.17, 15) is 9.59 Å². The van der Waals surface area contributed by atoms with Crippen LogP contribution in [0.5, 0.6) is 0 Å². The number of urea groups is 1. The van der Waals surface area contributed by atoms with E-state index in [4.69, 9.17) is 0 Å². The highest BCUT2D eigenvalue weighted by atomic mass is 16.2. The Hall–Kier alpha value is -2.82. The SMILES string of the molecule is CCNC(=O)CNC(=O)NCC1CC2c3ccccc3C1c1ccccc12. The Kier molecular flexibility index (Phi) is 4.84. The lowest BCUT2D eigenvalue weighted by atomic mass is 9.59. The molecule has 3 aliphatic carbocycles. The molecule has 2 bridgehead atoms. The molecule has 5 nitrogen and oxygen atoms in total. The number of fused-ring (bicyclic) bond motifs is 1. The fraction of sp³-hybridized carbons (Fsp3) is 0.364. The molecule has 2 aromatic carbocycles. The van der Waals surface area contributed by atoms with Crippen LogP contribution in [0.1, 0.15) is 47.4 Å². The lowest BCUT2D eigenvalue weighted by molar-refractivity contribution is -0.119. The topological polar surface area (TPSA) is 70.2 Å². The molecule has 0 radical (unpaired) electrons. The summed E-state index contributed by atoms with van der Waals surface area (Å²) in [7, 11) is 0. The molecule has 0 aliphatic heterocycles. The van der Waals surface area contributed by atoms with Gasteiger partial charge >= 0.3 is 6.03 Å².